The molecule has 0 saturated carbocycles. The quantitative estimate of drug-likeness (QED) is 0.156. The number of hydrogen-bond donors (Lipinski definition) is 1. The van der Waals surface area contributed by atoms with Gasteiger partial charge in [0.1, 0.15) is 4.90 Å². The molecule has 13 heteroatoms. The second-order valence-electron chi connectivity index (χ2n) is 8.40. The van der Waals surface area contributed by atoms with Crippen molar-refractivity contribution in [3.05, 3.63) is 85.3 Å². The first kappa shape index (κ1) is 29.9. The highest BCUT2D eigenvalue weighted by molar-refractivity contribution is 14.1. The predicted octanol–water partition coefficient (Wildman–Crippen LogP) is 6.31. The van der Waals surface area contributed by atoms with Gasteiger partial charge in [-0.3, -0.25) is 19.3 Å². The lowest BCUT2D eigenvalue weighted by atomic mass is 10.1. The molecule has 1 fully saturated rings. The molecule has 1 N–H and O–H groups in total. The molecule has 0 unspecified atom stereocenters. The summed E-state index contributed by atoms with van der Waals surface area (Å²) in [5.41, 5.74) is 1.66. The highest BCUT2D eigenvalue weighted by Crippen LogP contribution is 2.40. The van der Waals surface area contributed by atoms with E-state index in [-0.39, 0.29) is 45.4 Å². The molecule has 1 aliphatic heterocycles. The number of amides is 3. The van der Waals surface area contributed by atoms with E-state index in [2.05, 4.69) is 27.9 Å². The third-order valence-electron chi connectivity index (χ3n) is 5.41. The first-order valence-corrected chi connectivity index (χ1v) is 15.4. The molecule has 0 aliphatic carbocycles. The predicted molar refractivity (Wildman–Crippen MR) is 162 cm³/mol. The molecule has 0 aromatic heterocycles. The maximum absolute atomic E-state index is 13.0. The zero-order chi connectivity index (χ0) is 29.0. The molecule has 1 aliphatic rings. The van der Waals surface area contributed by atoms with Gasteiger partial charge in [-0.25, -0.2) is 0 Å². The Bertz CT molecular complexity index is 1610. The van der Waals surface area contributed by atoms with Crippen LogP contribution in [0.1, 0.15) is 25.0 Å². The van der Waals surface area contributed by atoms with Crippen LogP contribution in [0, 0.1) is 3.57 Å². The second kappa shape index (κ2) is 12.6. The number of carbonyl (C=O) groups is 3. The van der Waals surface area contributed by atoms with E-state index < -0.39 is 21.3 Å². The second-order valence-corrected chi connectivity index (χ2v) is 12.6. The number of carbonyl (C=O) groups excluding carboxylic acids is 3. The maximum atomic E-state index is 13.0. The third kappa shape index (κ3) is 7.16. The fraction of sp³-hybridized carbons (Fsp3) is 0.148. The van der Waals surface area contributed by atoms with Crippen LogP contribution in [0.25, 0.3) is 6.08 Å². The summed E-state index contributed by atoms with van der Waals surface area (Å²) < 4.78 is 37.9. The number of benzene rings is 3. The summed E-state index contributed by atoms with van der Waals surface area (Å²) in [4.78, 5) is 38.0. The summed E-state index contributed by atoms with van der Waals surface area (Å²) in [6.07, 6.45) is 1.49. The standard InChI is InChI=1S/C27H22ClIN2O7S2/c1-3-37-23-13-18(14-24-26(33)31(27(34)39-24)15-17-4-6-19(29)7-5-17)12-22(28)25(23)38-40(35,36)21-10-8-20(9-11-21)30-16(2)32/h4-14H,3,15H2,1-2H3,(H,30,32)/b24-14-. The van der Waals surface area contributed by atoms with Gasteiger partial charge in [0.2, 0.25) is 11.7 Å². The fourth-order valence-electron chi connectivity index (χ4n) is 3.64. The summed E-state index contributed by atoms with van der Waals surface area (Å²) >= 11 is 9.41. The number of thioether (sulfide) groups is 1. The van der Waals surface area contributed by atoms with E-state index in [0.29, 0.717) is 11.3 Å². The first-order valence-electron chi connectivity index (χ1n) is 11.7. The Labute approximate surface area is 254 Å². The average Bonchev–Trinajstić information content (AvgIpc) is 3.14. The fourth-order valence-corrected chi connectivity index (χ4v) is 6.10. The van der Waals surface area contributed by atoms with E-state index in [1.807, 2.05) is 24.3 Å². The van der Waals surface area contributed by atoms with Gasteiger partial charge < -0.3 is 14.2 Å². The molecule has 1 saturated heterocycles. The Morgan fingerprint density at radius 1 is 1.10 bits per heavy atom. The van der Waals surface area contributed by atoms with Crippen molar-refractivity contribution in [3.63, 3.8) is 0 Å². The average molecular weight is 713 g/mol. The Morgan fingerprint density at radius 3 is 2.40 bits per heavy atom. The van der Waals surface area contributed by atoms with Crippen molar-refractivity contribution >= 4 is 84.9 Å². The minimum atomic E-state index is -4.32. The molecule has 9 nitrogen and oxygen atoms in total. The van der Waals surface area contributed by atoms with Crippen molar-refractivity contribution in [2.24, 2.45) is 0 Å². The highest BCUT2D eigenvalue weighted by atomic mass is 127. The Balaban J connectivity index is 1.58. The van der Waals surface area contributed by atoms with Gasteiger partial charge in [-0.1, -0.05) is 23.7 Å². The topological polar surface area (TPSA) is 119 Å². The van der Waals surface area contributed by atoms with Crippen LogP contribution in [0.4, 0.5) is 10.5 Å². The van der Waals surface area contributed by atoms with Crippen molar-refractivity contribution in [3.8, 4) is 11.5 Å². The molecule has 1 heterocycles. The molecule has 3 amide bonds. The number of rotatable bonds is 9. The van der Waals surface area contributed by atoms with Crippen molar-refractivity contribution in [1.82, 2.24) is 4.90 Å². The molecule has 3 aromatic carbocycles. The number of nitrogens with one attached hydrogen (secondary N) is 1. The van der Waals surface area contributed by atoms with Crippen LogP contribution in [0.2, 0.25) is 5.02 Å². The smallest absolute Gasteiger partial charge is 0.339 e. The van der Waals surface area contributed by atoms with Crippen LogP contribution in [0.15, 0.2) is 70.5 Å². The molecule has 0 bridgehead atoms. The van der Waals surface area contributed by atoms with Gasteiger partial charge in [-0.05, 0) is 107 Å². The van der Waals surface area contributed by atoms with E-state index in [0.717, 1.165) is 25.8 Å². The van der Waals surface area contributed by atoms with Gasteiger partial charge in [-0.2, -0.15) is 8.42 Å². The number of halogens is 2. The maximum Gasteiger partial charge on any atom is 0.339 e. The van der Waals surface area contributed by atoms with Crippen LogP contribution >= 0.6 is 46.0 Å². The van der Waals surface area contributed by atoms with Crippen LogP contribution in [0.5, 0.6) is 11.5 Å². The molecule has 3 aromatic rings. The van der Waals surface area contributed by atoms with Crippen LogP contribution in [0.3, 0.4) is 0 Å². The lowest BCUT2D eigenvalue weighted by molar-refractivity contribution is -0.123. The Kier molecular flexibility index (Phi) is 9.44. The Morgan fingerprint density at radius 2 is 1.77 bits per heavy atom. The molecule has 0 atom stereocenters. The SMILES string of the molecule is CCOc1cc(/C=C2\SC(=O)N(Cc3ccc(I)cc3)C2=O)cc(Cl)c1OS(=O)(=O)c1ccc(NC(C)=O)cc1. The minimum Gasteiger partial charge on any atom is -0.490 e. The zero-order valence-corrected chi connectivity index (χ0v) is 25.7. The van der Waals surface area contributed by atoms with Gasteiger partial charge in [-0.15, -0.1) is 0 Å². The summed E-state index contributed by atoms with van der Waals surface area (Å²) in [6, 6.07) is 15.8. The zero-order valence-electron chi connectivity index (χ0n) is 21.1. The lowest BCUT2D eigenvalue weighted by Gasteiger charge is -2.15. The highest BCUT2D eigenvalue weighted by Gasteiger charge is 2.35. The lowest BCUT2D eigenvalue weighted by Crippen LogP contribution is -2.27. The van der Waals surface area contributed by atoms with E-state index >= 15 is 0 Å². The molecule has 40 heavy (non-hydrogen) atoms. The van der Waals surface area contributed by atoms with Gasteiger partial charge in [0.25, 0.3) is 11.1 Å². The van der Waals surface area contributed by atoms with Gasteiger partial charge >= 0.3 is 10.1 Å². The monoisotopic (exact) mass is 712 g/mol. The molecule has 4 rings (SSSR count). The summed E-state index contributed by atoms with van der Waals surface area (Å²) in [5.74, 6) is -0.930. The number of nitrogens with zero attached hydrogens (tertiary/aromatic N) is 1. The van der Waals surface area contributed by atoms with E-state index in [1.54, 1.807) is 6.92 Å². The van der Waals surface area contributed by atoms with Crippen molar-refractivity contribution in [1.29, 1.82) is 0 Å². The number of ether oxygens (including phenoxy) is 1. The Hall–Kier alpha value is -3.07. The van der Waals surface area contributed by atoms with Crippen LogP contribution < -0.4 is 14.2 Å². The molecule has 0 spiro atoms. The van der Waals surface area contributed by atoms with Crippen molar-refractivity contribution in [2.45, 2.75) is 25.3 Å². The molecule has 0 radical (unpaired) electrons. The van der Waals surface area contributed by atoms with Gasteiger partial charge in [0.05, 0.1) is 23.1 Å². The number of imide groups is 1. The van der Waals surface area contributed by atoms with Gasteiger partial charge in [0, 0.05) is 16.2 Å². The van der Waals surface area contributed by atoms with E-state index in [9.17, 15) is 22.8 Å². The van der Waals surface area contributed by atoms with E-state index in [4.69, 9.17) is 20.5 Å². The summed E-state index contributed by atoms with van der Waals surface area (Å²) in [5, 5.41) is 2.08. The molecular formula is C27H22ClIN2O7S2. The minimum absolute atomic E-state index is 0.0396. The van der Waals surface area contributed by atoms with Crippen LogP contribution in [-0.4, -0.2) is 37.0 Å². The summed E-state index contributed by atoms with van der Waals surface area (Å²) in [7, 11) is -4.32. The van der Waals surface area contributed by atoms with E-state index in [1.165, 1.54) is 49.4 Å². The normalized spacial score (nSPS) is 14.5. The number of hydrogen-bond acceptors (Lipinski definition) is 8. The number of anilines is 1. The van der Waals surface area contributed by atoms with Crippen molar-refractivity contribution < 1.29 is 31.7 Å². The summed E-state index contributed by atoms with van der Waals surface area (Å²) in [6.45, 7) is 3.36. The first-order chi connectivity index (χ1) is 19.0. The van der Waals surface area contributed by atoms with Crippen molar-refractivity contribution in [2.75, 3.05) is 11.9 Å². The molecular weight excluding hydrogens is 691 g/mol. The molecule has 208 valence electrons. The largest absolute Gasteiger partial charge is 0.490 e. The third-order valence-corrected chi connectivity index (χ3v) is 8.56. The van der Waals surface area contributed by atoms with Crippen LogP contribution in [-0.2, 0) is 26.3 Å². The van der Waals surface area contributed by atoms with Gasteiger partial charge in [0.15, 0.2) is 5.75 Å².